The molecule has 0 aromatic carbocycles. The molecule has 2 heteroatoms. The smallest absolute Gasteiger partial charge is 0.00700 e. The van der Waals surface area contributed by atoms with Crippen molar-refractivity contribution in [2.24, 2.45) is 5.73 Å². The van der Waals surface area contributed by atoms with Crippen LogP contribution in [-0.2, 0) is 0 Å². The summed E-state index contributed by atoms with van der Waals surface area (Å²) >= 11 is 0. The van der Waals surface area contributed by atoms with Gasteiger partial charge in [0.15, 0.2) is 0 Å². The van der Waals surface area contributed by atoms with Crippen LogP contribution in [0, 0.1) is 0 Å². The molecule has 2 nitrogen and oxygen atoms in total. The maximum absolute atomic E-state index is 5.51. The van der Waals surface area contributed by atoms with Crippen LogP contribution in [0.1, 0.15) is 47.0 Å². The van der Waals surface area contributed by atoms with Crippen molar-refractivity contribution >= 4 is 0 Å². The molecule has 0 spiro atoms. The first-order chi connectivity index (χ1) is 6.13. The van der Waals surface area contributed by atoms with Crippen LogP contribution in [0.25, 0.3) is 0 Å². The molecule has 0 aromatic rings. The number of nitrogens with zero attached hydrogens (tertiary/aromatic N) is 1. The van der Waals surface area contributed by atoms with E-state index >= 15 is 0 Å². The third-order valence-electron chi connectivity index (χ3n) is 2.54. The summed E-state index contributed by atoms with van der Waals surface area (Å²) in [4.78, 5) is 2.57. The lowest BCUT2D eigenvalue weighted by molar-refractivity contribution is 0.155. The number of hydrogen-bond donors (Lipinski definition) is 1. The lowest BCUT2D eigenvalue weighted by atomic mass is 10.1. The topological polar surface area (TPSA) is 29.3 Å². The zero-order chi connectivity index (χ0) is 10.3. The van der Waals surface area contributed by atoms with Gasteiger partial charge in [0.05, 0.1) is 0 Å². The van der Waals surface area contributed by atoms with E-state index in [-0.39, 0.29) is 0 Å². The molecular weight excluding hydrogens is 160 g/mol. The SMILES string of the molecule is CCCN(C(C)C)C(C)CCCN. The molecular formula is C11H26N2. The van der Waals surface area contributed by atoms with E-state index in [4.69, 9.17) is 5.73 Å². The van der Waals surface area contributed by atoms with Gasteiger partial charge in [-0.05, 0) is 53.1 Å². The van der Waals surface area contributed by atoms with Gasteiger partial charge in [0.2, 0.25) is 0 Å². The Labute approximate surface area is 83.5 Å². The lowest BCUT2D eigenvalue weighted by Crippen LogP contribution is -2.39. The minimum atomic E-state index is 0.660. The Morgan fingerprint density at radius 1 is 1.23 bits per heavy atom. The molecule has 80 valence electrons. The molecule has 0 heterocycles. The molecule has 0 aliphatic rings. The fourth-order valence-corrected chi connectivity index (χ4v) is 1.82. The highest BCUT2D eigenvalue weighted by Crippen LogP contribution is 2.10. The molecule has 13 heavy (non-hydrogen) atoms. The molecule has 1 unspecified atom stereocenters. The first-order valence-electron chi connectivity index (χ1n) is 5.59. The highest BCUT2D eigenvalue weighted by molar-refractivity contribution is 4.70. The molecule has 0 aromatic heterocycles. The molecule has 0 rings (SSSR count). The van der Waals surface area contributed by atoms with Crippen LogP contribution in [0.3, 0.4) is 0 Å². The fourth-order valence-electron chi connectivity index (χ4n) is 1.82. The molecule has 0 saturated carbocycles. The number of hydrogen-bond acceptors (Lipinski definition) is 2. The van der Waals surface area contributed by atoms with Crippen molar-refractivity contribution in [2.75, 3.05) is 13.1 Å². The quantitative estimate of drug-likeness (QED) is 0.660. The van der Waals surface area contributed by atoms with E-state index in [9.17, 15) is 0 Å². The second-order valence-electron chi connectivity index (χ2n) is 4.11. The van der Waals surface area contributed by atoms with E-state index in [0.717, 1.165) is 13.0 Å². The fraction of sp³-hybridized carbons (Fsp3) is 1.00. The summed E-state index contributed by atoms with van der Waals surface area (Å²) < 4.78 is 0. The van der Waals surface area contributed by atoms with Gasteiger partial charge in [-0.3, -0.25) is 4.90 Å². The molecule has 0 bridgehead atoms. The molecule has 0 aliphatic heterocycles. The predicted molar refractivity (Wildman–Crippen MR) is 59.9 cm³/mol. The van der Waals surface area contributed by atoms with Gasteiger partial charge in [0.1, 0.15) is 0 Å². The van der Waals surface area contributed by atoms with Crippen LogP contribution >= 0.6 is 0 Å². The molecule has 0 radical (unpaired) electrons. The van der Waals surface area contributed by atoms with E-state index < -0.39 is 0 Å². The third kappa shape index (κ3) is 5.27. The summed E-state index contributed by atoms with van der Waals surface area (Å²) in [6.45, 7) is 11.1. The zero-order valence-electron chi connectivity index (χ0n) is 9.71. The Morgan fingerprint density at radius 2 is 1.85 bits per heavy atom. The van der Waals surface area contributed by atoms with Gasteiger partial charge >= 0.3 is 0 Å². The average Bonchev–Trinajstić information content (AvgIpc) is 2.09. The lowest BCUT2D eigenvalue weighted by Gasteiger charge is -2.32. The van der Waals surface area contributed by atoms with Crippen LogP contribution < -0.4 is 5.73 Å². The van der Waals surface area contributed by atoms with Crippen molar-refractivity contribution in [3.63, 3.8) is 0 Å². The first kappa shape index (κ1) is 12.9. The van der Waals surface area contributed by atoms with E-state index in [0.29, 0.717) is 12.1 Å². The Bertz CT molecular complexity index is 113. The van der Waals surface area contributed by atoms with Crippen molar-refractivity contribution in [3.05, 3.63) is 0 Å². The van der Waals surface area contributed by atoms with Crippen LogP contribution in [0.5, 0.6) is 0 Å². The summed E-state index contributed by atoms with van der Waals surface area (Å²) in [5.74, 6) is 0. The average molecular weight is 186 g/mol. The second-order valence-corrected chi connectivity index (χ2v) is 4.11. The summed E-state index contributed by atoms with van der Waals surface area (Å²) in [7, 11) is 0. The largest absolute Gasteiger partial charge is 0.330 e. The van der Waals surface area contributed by atoms with Crippen molar-refractivity contribution in [1.82, 2.24) is 4.90 Å². The summed E-state index contributed by atoms with van der Waals surface area (Å²) in [6, 6.07) is 1.34. The van der Waals surface area contributed by atoms with Crippen LogP contribution in [0.15, 0.2) is 0 Å². The Kier molecular flexibility index (Phi) is 7.29. The number of nitrogens with two attached hydrogens (primary N) is 1. The normalized spacial score (nSPS) is 14.1. The third-order valence-corrected chi connectivity index (χ3v) is 2.54. The molecule has 2 N–H and O–H groups in total. The van der Waals surface area contributed by atoms with Gasteiger partial charge in [-0.1, -0.05) is 6.92 Å². The van der Waals surface area contributed by atoms with Crippen molar-refractivity contribution in [2.45, 2.75) is 59.0 Å². The Morgan fingerprint density at radius 3 is 2.23 bits per heavy atom. The molecule has 0 fully saturated rings. The van der Waals surface area contributed by atoms with Gasteiger partial charge in [-0.2, -0.15) is 0 Å². The minimum absolute atomic E-state index is 0.660. The van der Waals surface area contributed by atoms with E-state index in [2.05, 4.69) is 32.6 Å². The Hall–Kier alpha value is -0.0800. The Balaban J connectivity index is 3.87. The summed E-state index contributed by atoms with van der Waals surface area (Å²) in [5.41, 5.74) is 5.51. The van der Waals surface area contributed by atoms with Crippen molar-refractivity contribution in [1.29, 1.82) is 0 Å². The van der Waals surface area contributed by atoms with E-state index in [1.165, 1.54) is 19.4 Å². The standard InChI is InChI=1S/C11H26N2/c1-5-9-13(10(2)3)11(4)7-6-8-12/h10-11H,5-9,12H2,1-4H3. The second kappa shape index (κ2) is 7.34. The van der Waals surface area contributed by atoms with Crippen LogP contribution in [0.2, 0.25) is 0 Å². The van der Waals surface area contributed by atoms with Gasteiger partial charge in [-0.15, -0.1) is 0 Å². The van der Waals surface area contributed by atoms with Crippen LogP contribution in [-0.4, -0.2) is 30.1 Å². The maximum atomic E-state index is 5.51. The highest BCUT2D eigenvalue weighted by Gasteiger charge is 2.14. The summed E-state index contributed by atoms with van der Waals surface area (Å²) in [6.07, 6.45) is 3.62. The maximum Gasteiger partial charge on any atom is 0.00700 e. The molecule has 0 saturated heterocycles. The van der Waals surface area contributed by atoms with E-state index in [1.54, 1.807) is 0 Å². The number of rotatable bonds is 7. The van der Waals surface area contributed by atoms with Crippen molar-refractivity contribution in [3.8, 4) is 0 Å². The molecule has 0 aliphatic carbocycles. The van der Waals surface area contributed by atoms with Gasteiger partial charge < -0.3 is 5.73 Å². The minimum Gasteiger partial charge on any atom is -0.330 e. The van der Waals surface area contributed by atoms with Gasteiger partial charge in [0.25, 0.3) is 0 Å². The molecule has 0 amide bonds. The van der Waals surface area contributed by atoms with Gasteiger partial charge in [-0.25, -0.2) is 0 Å². The first-order valence-corrected chi connectivity index (χ1v) is 5.59. The zero-order valence-corrected chi connectivity index (χ0v) is 9.71. The summed E-state index contributed by atoms with van der Waals surface area (Å²) in [5, 5.41) is 0. The molecule has 1 atom stereocenters. The predicted octanol–water partition coefficient (Wildman–Crippen LogP) is 2.23. The van der Waals surface area contributed by atoms with Crippen molar-refractivity contribution < 1.29 is 0 Å². The van der Waals surface area contributed by atoms with Crippen LogP contribution in [0.4, 0.5) is 0 Å². The highest BCUT2D eigenvalue weighted by atomic mass is 15.2. The van der Waals surface area contributed by atoms with E-state index in [1.807, 2.05) is 0 Å². The monoisotopic (exact) mass is 186 g/mol. The van der Waals surface area contributed by atoms with Gasteiger partial charge in [0, 0.05) is 12.1 Å².